The molecule has 0 saturated carbocycles. The lowest BCUT2D eigenvalue weighted by Gasteiger charge is -2.17. The first-order valence-electron chi connectivity index (χ1n) is 12.9. The van der Waals surface area contributed by atoms with Gasteiger partial charge in [-0.1, -0.05) is 25.5 Å². The van der Waals surface area contributed by atoms with Crippen molar-refractivity contribution in [1.82, 2.24) is 15.3 Å². The quantitative estimate of drug-likeness (QED) is 0.133. The van der Waals surface area contributed by atoms with Gasteiger partial charge >= 0.3 is 12.1 Å². The average molecular weight is 570 g/mol. The fourth-order valence-electron chi connectivity index (χ4n) is 3.42. The smallest absolute Gasteiger partial charge is 0.441 e. The van der Waals surface area contributed by atoms with Crippen molar-refractivity contribution >= 4 is 45.9 Å². The average Bonchev–Trinajstić information content (AvgIpc) is 2.94. The maximum atomic E-state index is 12.3. The van der Waals surface area contributed by atoms with Gasteiger partial charge < -0.3 is 31.1 Å². The zero-order valence-corrected chi connectivity index (χ0v) is 23.6. The van der Waals surface area contributed by atoms with Crippen molar-refractivity contribution in [2.24, 2.45) is 4.36 Å². The number of carbonyl (C=O) groups is 2. The van der Waals surface area contributed by atoms with E-state index in [9.17, 15) is 18.9 Å². The second-order valence-corrected chi connectivity index (χ2v) is 10.0. The Kier molecular flexibility index (Phi) is 11.7. The molecule has 1 heterocycles. The molecule has 3 rings (SSSR count). The van der Waals surface area contributed by atoms with Gasteiger partial charge in [0.15, 0.2) is 0 Å². The molecule has 3 amide bonds. The number of carbonyl (C=O) groups excluding carboxylic acids is 2. The number of nitrogens with zero attached hydrogens (tertiary/aromatic N) is 3. The van der Waals surface area contributed by atoms with Crippen LogP contribution in [0.4, 0.5) is 32.7 Å². The van der Waals surface area contributed by atoms with E-state index in [4.69, 9.17) is 4.74 Å². The molecular weight excluding hydrogens is 534 g/mol. The first-order chi connectivity index (χ1) is 19.3. The zero-order chi connectivity index (χ0) is 28.9. The molecule has 0 fully saturated rings. The molecule has 0 bridgehead atoms. The summed E-state index contributed by atoms with van der Waals surface area (Å²) in [6.45, 7) is 6.20. The van der Waals surface area contributed by atoms with Crippen LogP contribution in [-0.2, 0) is 15.3 Å². The summed E-state index contributed by atoms with van der Waals surface area (Å²) in [5, 5.41) is 21.5. The third kappa shape index (κ3) is 9.20. The van der Waals surface area contributed by atoms with Gasteiger partial charge in [-0.25, -0.2) is 18.8 Å². The maximum Gasteiger partial charge on any atom is 0.441 e. The molecule has 40 heavy (non-hydrogen) atoms. The molecule has 214 valence electrons. The molecule has 0 saturated heterocycles. The lowest BCUT2D eigenvalue weighted by Crippen LogP contribution is -2.29. The fraction of sp³-hybridized carbons (Fsp3) is 0.333. The van der Waals surface area contributed by atoms with Crippen molar-refractivity contribution < 1.29 is 23.6 Å². The van der Waals surface area contributed by atoms with Crippen molar-refractivity contribution in [2.75, 3.05) is 35.7 Å². The third-order valence-electron chi connectivity index (χ3n) is 5.50. The SMILES string of the molecule is CCCCNC(=O)Nc1ccc(-c2cnc(Nc3ccc(/[SH](=O)=N/C(=O)OCC)cc3)nc2N[C@H](C)CO)cc1. The lowest BCUT2D eigenvalue weighted by atomic mass is 10.1. The largest absolute Gasteiger partial charge is 0.448 e. The van der Waals surface area contributed by atoms with E-state index in [1.807, 2.05) is 19.1 Å². The van der Waals surface area contributed by atoms with Crippen LogP contribution in [0.15, 0.2) is 64.0 Å². The standard InChI is InChI=1S/C27H35N7O5S/c1-4-6-15-28-26(36)32-21-9-7-19(8-10-21)23-16-29-25(33-24(23)30-18(3)17-35)31-20-11-13-22(14-12-20)40(38)34-27(37)39-5-2/h7-14,16,18,35,40H,4-6,15,17H2,1-3H3,(H2,28,32,36)(H2,29,30,31,33)/t18-/m1/s1. The molecule has 0 radical (unpaired) electrons. The summed E-state index contributed by atoms with van der Waals surface area (Å²) >= 11 is 0. The predicted octanol–water partition coefficient (Wildman–Crippen LogP) is 4.78. The van der Waals surface area contributed by atoms with Crippen LogP contribution in [0.5, 0.6) is 0 Å². The Morgan fingerprint density at radius 3 is 2.42 bits per heavy atom. The topological polar surface area (TPSA) is 167 Å². The van der Waals surface area contributed by atoms with Crippen LogP contribution in [0.2, 0.25) is 0 Å². The normalized spacial score (nSPS) is 12.3. The van der Waals surface area contributed by atoms with Crippen LogP contribution in [0.1, 0.15) is 33.6 Å². The minimum Gasteiger partial charge on any atom is -0.448 e. The first-order valence-corrected chi connectivity index (χ1v) is 14.2. The third-order valence-corrected chi connectivity index (χ3v) is 6.58. The highest BCUT2D eigenvalue weighted by atomic mass is 32.2. The molecule has 13 heteroatoms. The van der Waals surface area contributed by atoms with Crippen LogP contribution in [-0.4, -0.2) is 57.2 Å². The first kappa shape index (κ1) is 30.3. The Morgan fingerprint density at radius 1 is 1.07 bits per heavy atom. The Hall–Kier alpha value is -4.23. The van der Waals surface area contributed by atoms with Crippen LogP contribution in [0, 0.1) is 0 Å². The van der Waals surface area contributed by atoms with E-state index < -0.39 is 16.7 Å². The van der Waals surface area contributed by atoms with Crippen LogP contribution >= 0.6 is 0 Å². The van der Waals surface area contributed by atoms with E-state index in [1.54, 1.807) is 49.5 Å². The predicted molar refractivity (Wildman–Crippen MR) is 157 cm³/mol. The van der Waals surface area contributed by atoms with E-state index in [-0.39, 0.29) is 25.3 Å². The highest BCUT2D eigenvalue weighted by Crippen LogP contribution is 2.29. The number of aromatic nitrogens is 2. The summed E-state index contributed by atoms with van der Waals surface area (Å²) in [6, 6.07) is 13.3. The monoisotopic (exact) mass is 569 g/mol. The van der Waals surface area contributed by atoms with Gasteiger partial charge in [-0.05, 0) is 62.2 Å². The maximum absolute atomic E-state index is 12.3. The van der Waals surface area contributed by atoms with Gasteiger partial charge in [0, 0.05) is 40.6 Å². The summed E-state index contributed by atoms with van der Waals surface area (Å²) in [6.07, 6.45) is 2.71. The highest BCUT2D eigenvalue weighted by Gasteiger charge is 2.13. The van der Waals surface area contributed by atoms with E-state index in [0.717, 1.165) is 18.4 Å². The molecule has 0 aliphatic rings. The number of anilines is 4. The van der Waals surface area contributed by atoms with Crippen molar-refractivity contribution in [3.05, 3.63) is 54.7 Å². The van der Waals surface area contributed by atoms with Gasteiger partial charge in [0.05, 0.1) is 23.8 Å². The molecular formula is C27H35N7O5S. The second kappa shape index (κ2) is 15.4. The number of rotatable bonds is 12. The number of thiol groups is 1. The molecule has 1 unspecified atom stereocenters. The number of aliphatic hydroxyl groups is 1. The molecule has 1 aromatic heterocycles. The molecule has 3 aromatic rings. The van der Waals surface area contributed by atoms with Crippen LogP contribution < -0.4 is 21.3 Å². The summed E-state index contributed by atoms with van der Waals surface area (Å²) < 4.78 is 20.5. The van der Waals surface area contributed by atoms with Crippen LogP contribution in [0.3, 0.4) is 0 Å². The second-order valence-electron chi connectivity index (χ2n) is 8.74. The van der Waals surface area contributed by atoms with Crippen molar-refractivity contribution in [3.63, 3.8) is 0 Å². The summed E-state index contributed by atoms with van der Waals surface area (Å²) in [5.74, 6) is 0.803. The van der Waals surface area contributed by atoms with Crippen molar-refractivity contribution in [1.29, 1.82) is 0 Å². The van der Waals surface area contributed by atoms with Gasteiger partial charge in [0.25, 0.3) is 0 Å². The fourth-order valence-corrected chi connectivity index (χ4v) is 4.14. The number of ether oxygens (including phenoxy) is 1. The van der Waals surface area contributed by atoms with Crippen LogP contribution in [0.25, 0.3) is 11.1 Å². The summed E-state index contributed by atoms with van der Waals surface area (Å²) in [5.41, 5.74) is 2.80. The number of hydrogen-bond acceptors (Lipinski definition) is 9. The van der Waals surface area contributed by atoms with E-state index >= 15 is 0 Å². The molecule has 0 aliphatic carbocycles. The highest BCUT2D eigenvalue weighted by molar-refractivity contribution is 7.75. The van der Waals surface area contributed by atoms with Gasteiger partial charge in [0.2, 0.25) is 5.95 Å². The molecule has 5 N–H and O–H groups in total. The Balaban J connectivity index is 1.77. The minimum absolute atomic E-state index is 0.0985. The van der Waals surface area contributed by atoms with E-state index in [0.29, 0.717) is 40.1 Å². The number of amides is 3. The van der Waals surface area contributed by atoms with Gasteiger partial charge in [0.1, 0.15) is 5.82 Å². The molecule has 0 spiro atoms. The Labute approximate surface area is 235 Å². The number of nitrogens with one attached hydrogen (secondary N) is 4. The Bertz CT molecular complexity index is 1360. The lowest BCUT2D eigenvalue weighted by molar-refractivity contribution is 0.164. The number of benzene rings is 2. The molecule has 0 aliphatic heterocycles. The Morgan fingerprint density at radius 2 is 1.77 bits per heavy atom. The molecule has 2 atom stereocenters. The van der Waals surface area contributed by atoms with Crippen molar-refractivity contribution in [2.45, 2.75) is 44.6 Å². The minimum atomic E-state index is -2.28. The number of hydrogen-bond donors (Lipinski definition) is 6. The van der Waals surface area contributed by atoms with Gasteiger partial charge in [-0.2, -0.15) is 4.98 Å². The molecule has 12 nitrogen and oxygen atoms in total. The van der Waals surface area contributed by atoms with E-state index in [2.05, 4.69) is 42.5 Å². The van der Waals surface area contributed by atoms with Gasteiger partial charge in [-0.3, -0.25) is 0 Å². The number of aliphatic hydroxyl groups excluding tert-OH is 1. The van der Waals surface area contributed by atoms with Crippen molar-refractivity contribution in [3.8, 4) is 11.1 Å². The van der Waals surface area contributed by atoms with E-state index in [1.165, 1.54) is 0 Å². The number of urea groups is 1. The zero-order valence-electron chi connectivity index (χ0n) is 22.7. The molecule has 2 aromatic carbocycles. The van der Waals surface area contributed by atoms with Gasteiger partial charge in [-0.15, -0.1) is 4.36 Å². The number of unbranched alkanes of at least 4 members (excludes halogenated alkanes) is 1. The summed E-state index contributed by atoms with van der Waals surface area (Å²) in [4.78, 5) is 32.9. The summed E-state index contributed by atoms with van der Waals surface area (Å²) in [7, 11) is -2.28.